The van der Waals surface area contributed by atoms with E-state index in [0.29, 0.717) is 6.54 Å². The number of rotatable bonds is 6. The number of aliphatic imine (C=N–C) groups is 1. The van der Waals surface area contributed by atoms with Crippen LogP contribution in [0.2, 0.25) is 0 Å². The number of nitro benzene ring substituents is 1. The molecule has 0 atom stereocenters. The summed E-state index contributed by atoms with van der Waals surface area (Å²) in [4.78, 5) is 24.2. The molecule has 5 nitrogen and oxygen atoms in total. The molecular formula is C15H20N2O3. The largest absolute Gasteiger partial charge is 0.269 e. The molecule has 0 aliphatic carbocycles. The summed E-state index contributed by atoms with van der Waals surface area (Å²) >= 11 is 0. The molecule has 0 amide bonds. The van der Waals surface area contributed by atoms with Crippen molar-refractivity contribution in [2.24, 2.45) is 10.4 Å². The minimum Gasteiger partial charge on any atom is -0.258 e. The van der Waals surface area contributed by atoms with E-state index in [0.717, 1.165) is 12.0 Å². The lowest BCUT2D eigenvalue weighted by Gasteiger charge is -2.34. The number of isocyanates is 1. The maximum absolute atomic E-state index is 10.7. The molecule has 1 rings (SSSR count). The predicted octanol–water partition coefficient (Wildman–Crippen LogP) is 3.62. The number of benzene rings is 1. The number of nitro groups is 1. The zero-order valence-electron chi connectivity index (χ0n) is 12.3. The van der Waals surface area contributed by atoms with Gasteiger partial charge in [0.05, 0.1) is 11.5 Å². The number of nitrogens with zero attached hydrogens (tertiary/aromatic N) is 2. The normalized spacial score (nSPS) is 11.8. The van der Waals surface area contributed by atoms with Crippen LogP contribution < -0.4 is 0 Å². The van der Waals surface area contributed by atoms with Gasteiger partial charge in [-0.15, -0.1) is 0 Å². The molecule has 0 saturated heterocycles. The molecule has 0 spiro atoms. The molecule has 1 aromatic carbocycles. The second-order valence-electron chi connectivity index (χ2n) is 6.44. The summed E-state index contributed by atoms with van der Waals surface area (Å²) in [5.74, 6) is 0. The number of hydrogen-bond donors (Lipinski definition) is 0. The highest BCUT2D eigenvalue weighted by molar-refractivity contribution is 5.36. The van der Waals surface area contributed by atoms with Gasteiger partial charge in [-0.05, 0) is 22.8 Å². The molecule has 0 N–H and O–H groups in total. The first-order valence-corrected chi connectivity index (χ1v) is 6.46. The van der Waals surface area contributed by atoms with E-state index in [1.807, 2.05) is 13.8 Å². The zero-order valence-corrected chi connectivity index (χ0v) is 12.3. The lowest BCUT2D eigenvalue weighted by molar-refractivity contribution is -0.384. The first-order valence-electron chi connectivity index (χ1n) is 6.46. The lowest BCUT2D eigenvalue weighted by atomic mass is 9.71. The fraction of sp³-hybridized carbons (Fsp3) is 0.533. The summed E-state index contributed by atoms with van der Waals surface area (Å²) in [6.07, 6.45) is 2.38. The highest BCUT2D eigenvalue weighted by Crippen LogP contribution is 2.37. The SMILES string of the molecule is CC(C)(CN=C=O)CC(C)(C)c1ccc([N+](=O)[O-])cc1. The van der Waals surface area contributed by atoms with Gasteiger partial charge >= 0.3 is 0 Å². The van der Waals surface area contributed by atoms with E-state index in [1.54, 1.807) is 18.2 Å². The molecule has 108 valence electrons. The van der Waals surface area contributed by atoms with Crippen LogP contribution in [0.5, 0.6) is 0 Å². The molecule has 5 heteroatoms. The van der Waals surface area contributed by atoms with Crippen molar-refractivity contribution < 1.29 is 9.72 Å². The Bertz CT molecular complexity index is 527. The summed E-state index contributed by atoms with van der Waals surface area (Å²) in [7, 11) is 0. The topological polar surface area (TPSA) is 72.6 Å². The summed E-state index contributed by atoms with van der Waals surface area (Å²) < 4.78 is 0. The van der Waals surface area contributed by atoms with Crippen molar-refractivity contribution in [2.75, 3.05) is 6.54 Å². The number of non-ortho nitro benzene ring substituents is 1. The molecule has 0 aliphatic heterocycles. The van der Waals surface area contributed by atoms with E-state index in [2.05, 4.69) is 18.8 Å². The van der Waals surface area contributed by atoms with Crippen molar-refractivity contribution in [1.82, 2.24) is 0 Å². The van der Waals surface area contributed by atoms with Gasteiger partial charge in [0.15, 0.2) is 0 Å². The maximum atomic E-state index is 10.7. The van der Waals surface area contributed by atoms with E-state index in [-0.39, 0.29) is 16.5 Å². The predicted molar refractivity (Wildman–Crippen MR) is 77.5 cm³/mol. The van der Waals surface area contributed by atoms with Crippen LogP contribution in [-0.2, 0) is 10.2 Å². The minimum atomic E-state index is -0.403. The Morgan fingerprint density at radius 1 is 1.20 bits per heavy atom. The van der Waals surface area contributed by atoms with Crippen molar-refractivity contribution in [2.45, 2.75) is 39.5 Å². The average molecular weight is 276 g/mol. The van der Waals surface area contributed by atoms with Crippen molar-refractivity contribution in [3.63, 3.8) is 0 Å². The van der Waals surface area contributed by atoms with Gasteiger partial charge in [-0.1, -0.05) is 39.8 Å². The van der Waals surface area contributed by atoms with Crippen LogP contribution >= 0.6 is 0 Å². The van der Waals surface area contributed by atoms with Crippen LogP contribution in [0.4, 0.5) is 5.69 Å². The highest BCUT2D eigenvalue weighted by Gasteiger charge is 2.30. The minimum absolute atomic E-state index is 0.0920. The standard InChI is InChI=1S/C15H20N2O3/c1-14(2,10-16-11-18)9-15(3,4)12-5-7-13(8-6-12)17(19)20/h5-8H,9-10H2,1-4H3. The Morgan fingerprint density at radius 2 is 1.75 bits per heavy atom. The first-order chi connectivity index (χ1) is 9.18. The van der Waals surface area contributed by atoms with Gasteiger partial charge in [-0.3, -0.25) is 10.1 Å². The van der Waals surface area contributed by atoms with Gasteiger partial charge in [-0.25, -0.2) is 9.79 Å². The number of carbonyl (C=O) groups excluding carboxylic acids is 1. The van der Waals surface area contributed by atoms with Crippen LogP contribution in [0, 0.1) is 15.5 Å². The van der Waals surface area contributed by atoms with Crippen molar-refractivity contribution in [3.05, 3.63) is 39.9 Å². The third kappa shape index (κ3) is 4.28. The second-order valence-corrected chi connectivity index (χ2v) is 6.44. The van der Waals surface area contributed by atoms with Crippen LogP contribution in [-0.4, -0.2) is 17.5 Å². The molecule has 0 aromatic heterocycles. The zero-order chi connectivity index (χ0) is 15.4. The third-order valence-electron chi connectivity index (χ3n) is 3.35. The van der Waals surface area contributed by atoms with Gasteiger partial charge < -0.3 is 0 Å². The quantitative estimate of drug-likeness (QED) is 0.345. The third-order valence-corrected chi connectivity index (χ3v) is 3.35. The van der Waals surface area contributed by atoms with Crippen LogP contribution in [0.3, 0.4) is 0 Å². The number of hydrogen-bond acceptors (Lipinski definition) is 4. The summed E-state index contributed by atoms with van der Waals surface area (Å²) in [6.45, 7) is 8.68. The average Bonchev–Trinajstić information content (AvgIpc) is 2.35. The van der Waals surface area contributed by atoms with Gasteiger partial charge in [0.2, 0.25) is 6.08 Å². The van der Waals surface area contributed by atoms with E-state index < -0.39 is 4.92 Å². The maximum Gasteiger partial charge on any atom is 0.269 e. The molecule has 0 fully saturated rings. The molecule has 0 unspecified atom stereocenters. The summed E-state index contributed by atoms with van der Waals surface area (Å²) in [5.41, 5.74) is 0.834. The Balaban J connectivity index is 2.92. The Labute approximate surface area is 118 Å². The Kier molecular flexibility index (Phi) is 4.79. The van der Waals surface area contributed by atoms with Gasteiger partial charge in [0, 0.05) is 12.1 Å². The molecular weight excluding hydrogens is 256 g/mol. The fourth-order valence-electron chi connectivity index (χ4n) is 2.63. The monoisotopic (exact) mass is 276 g/mol. The fourth-order valence-corrected chi connectivity index (χ4v) is 2.63. The van der Waals surface area contributed by atoms with Gasteiger partial charge in [0.1, 0.15) is 0 Å². The molecule has 0 saturated carbocycles. The van der Waals surface area contributed by atoms with Gasteiger partial charge in [-0.2, -0.15) is 0 Å². The van der Waals surface area contributed by atoms with Crippen LogP contribution in [0.1, 0.15) is 39.7 Å². The van der Waals surface area contributed by atoms with Crippen LogP contribution in [0.25, 0.3) is 0 Å². The van der Waals surface area contributed by atoms with Crippen LogP contribution in [0.15, 0.2) is 29.3 Å². The van der Waals surface area contributed by atoms with E-state index in [9.17, 15) is 14.9 Å². The first kappa shape index (κ1) is 16.1. The van der Waals surface area contributed by atoms with Crippen molar-refractivity contribution in [3.8, 4) is 0 Å². The van der Waals surface area contributed by atoms with Gasteiger partial charge in [0.25, 0.3) is 5.69 Å². The Morgan fingerprint density at radius 3 is 2.20 bits per heavy atom. The molecule has 20 heavy (non-hydrogen) atoms. The van der Waals surface area contributed by atoms with E-state index in [1.165, 1.54) is 12.1 Å². The van der Waals surface area contributed by atoms with E-state index in [4.69, 9.17) is 0 Å². The van der Waals surface area contributed by atoms with Crippen molar-refractivity contribution in [1.29, 1.82) is 0 Å². The molecule has 0 bridgehead atoms. The van der Waals surface area contributed by atoms with E-state index >= 15 is 0 Å². The Hall–Kier alpha value is -2.00. The molecule has 0 aliphatic rings. The second kappa shape index (κ2) is 5.97. The molecule has 1 aromatic rings. The summed E-state index contributed by atoms with van der Waals surface area (Å²) in [5, 5.41) is 10.7. The summed E-state index contributed by atoms with van der Waals surface area (Å²) in [6, 6.07) is 6.62. The lowest BCUT2D eigenvalue weighted by Crippen LogP contribution is -2.28. The molecule has 0 radical (unpaired) electrons. The molecule has 0 heterocycles. The van der Waals surface area contributed by atoms with Crippen molar-refractivity contribution >= 4 is 11.8 Å². The highest BCUT2D eigenvalue weighted by atomic mass is 16.6. The smallest absolute Gasteiger partial charge is 0.258 e.